The molecule has 1 aliphatic heterocycles. The van der Waals surface area contributed by atoms with Crippen LogP contribution in [0.4, 0.5) is 0 Å². The maximum Gasteiger partial charge on any atom is 0.339 e. The second kappa shape index (κ2) is 4.63. The Bertz CT molecular complexity index is 522. The second-order valence-corrected chi connectivity index (χ2v) is 5.02. The van der Waals surface area contributed by atoms with Crippen LogP contribution in [0.25, 0.3) is 0 Å². The molecule has 0 aliphatic carbocycles. The van der Waals surface area contributed by atoms with Gasteiger partial charge < -0.3 is 9.84 Å². The van der Waals surface area contributed by atoms with E-state index in [0.29, 0.717) is 5.56 Å². The maximum absolute atomic E-state index is 12.2. The largest absolute Gasteiger partial charge is 0.462 e. The van der Waals surface area contributed by atoms with Crippen LogP contribution in [0.2, 0.25) is 0 Å². The highest BCUT2D eigenvalue weighted by molar-refractivity contribution is 6.00. The molecule has 1 saturated heterocycles. The molecule has 1 fully saturated rings. The van der Waals surface area contributed by atoms with Crippen molar-refractivity contribution in [3.05, 3.63) is 48.6 Å². The summed E-state index contributed by atoms with van der Waals surface area (Å²) >= 11 is 0. The highest BCUT2D eigenvalue weighted by Gasteiger charge is 2.58. The number of carbonyl (C=O) groups is 2. The predicted octanol–water partition coefficient (Wildman–Crippen LogP) is 1.74. The van der Waals surface area contributed by atoms with Crippen LogP contribution in [0.5, 0.6) is 0 Å². The summed E-state index contributed by atoms with van der Waals surface area (Å²) in [4.78, 5) is 23.9. The molecule has 0 saturated carbocycles. The zero-order valence-electron chi connectivity index (χ0n) is 10.8. The van der Waals surface area contributed by atoms with E-state index < -0.39 is 17.0 Å². The molecule has 1 N–H and O–H groups in total. The molecule has 1 aromatic rings. The third-order valence-electron chi connectivity index (χ3n) is 3.75. The minimum Gasteiger partial charge on any atom is -0.462 e. The lowest BCUT2D eigenvalue weighted by Crippen LogP contribution is -2.48. The lowest BCUT2D eigenvalue weighted by atomic mass is 9.72. The van der Waals surface area contributed by atoms with E-state index in [0.717, 1.165) is 0 Å². The summed E-state index contributed by atoms with van der Waals surface area (Å²) in [5.74, 6) is -1.06. The fourth-order valence-electron chi connectivity index (χ4n) is 2.15. The lowest BCUT2D eigenvalue weighted by molar-refractivity contribution is -0.155. The highest BCUT2D eigenvalue weighted by atomic mass is 16.6. The third kappa shape index (κ3) is 2.08. The van der Waals surface area contributed by atoms with E-state index in [4.69, 9.17) is 4.74 Å². The van der Waals surface area contributed by atoms with Crippen LogP contribution in [-0.4, -0.2) is 29.1 Å². The van der Waals surface area contributed by atoms with Gasteiger partial charge in [0.1, 0.15) is 6.61 Å². The summed E-state index contributed by atoms with van der Waals surface area (Å²) in [7, 11) is 0. The Morgan fingerprint density at radius 2 is 2.11 bits per heavy atom. The molecule has 0 spiro atoms. The lowest BCUT2D eigenvalue weighted by Gasteiger charge is -2.31. The molecule has 0 amide bonds. The number of carbonyl (C=O) groups excluding carboxylic acids is 2. The fraction of sp³-hybridized carbons (Fsp3) is 0.333. The zero-order valence-corrected chi connectivity index (χ0v) is 10.8. The van der Waals surface area contributed by atoms with E-state index in [1.807, 2.05) is 0 Å². The average molecular weight is 260 g/mol. The van der Waals surface area contributed by atoms with E-state index >= 15 is 0 Å². The van der Waals surface area contributed by atoms with Gasteiger partial charge in [-0.15, -0.1) is 6.58 Å². The smallest absolute Gasteiger partial charge is 0.339 e. The van der Waals surface area contributed by atoms with Crippen LogP contribution in [0, 0.1) is 5.41 Å². The molecule has 19 heavy (non-hydrogen) atoms. The minimum absolute atomic E-state index is 0.0356. The van der Waals surface area contributed by atoms with Crippen molar-refractivity contribution in [3.63, 3.8) is 0 Å². The van der Waals surface area contributed by atoms with Crippen LogP contribution in [-0.2, 0) is 9.53 Å². The Hall–Kier alpha value is -1.94. The molecular weight excluding hydrogens is 244 g/mol. The number of ether oxygens (including phenoxy) is 1. The summed E-state index contributed by atoms with van der Waals surface area (Å²) in [6, 6.07) is 8.56. The summed E-state index contributed by atoms with van der Waals surface area (Å²) < 4.78 is 4.90. The Balaban J connectivity index is 2.28. The summed E-state index contributed by atoms with van der Waals surface area (Å²) in [6.45, 7) is 5.31. The first kappa shape index (κ1) is 13.5. The first-order valence-corrected chi connectivity index (χ1v) is 6.04. The molecule has 100 valence electrons. The first-order chi connectivity index (χ1) is 8.93. The number of Topliss-reactive ketones (excluding diaryl/α,β-unsaturated/α-hetero) is 1. The molecule has 1 aromatic carbocycles. The molecule has 0 aromatic heterocycles. The Morgan fingerprint density at radius 1 is 1.47 bits per heavy atom. The van der Waals surface area contributed by atoms with Crippen LogP contribution in [0.3, 0.4) is 0 Å². The Labute approximate surface area is 111 Å². The van der Waals surface area contributed by atoms with Crippen LogP contribution in [0.1, 0.15) is 23.7 Å². The standard InChI is InChI=1S/C15H16O4/c1-3-14(2)10-19-13(17)15(14,18)9-12(16)11-7-5-4-6-8-11/h3-8,18H,1,9-10H2,2H3/t14-,15-/m0/s1. The Morgan fingerprint density at radius 3 is 2.68 bits per heavy atom. The van der Waals surface area contributed by atoms with Gasteiger partial charge in [0, 0.05) is 5.56 Å². The highest BCUT2D eigenvalue weighted by Crippen LogP contribution is 2.42. The number of ketones is 1. The SMILES string of the molecule is C=C[C@@]1(C)COC(=O)[C@@]1(O)CC(=O)c1ccccc1. The molecule has 0 radical (unpaired) electrons. The Kier molecular flexibility index (Phi) is 3.28. The van der Waals surface area contributed by atoms with Gasteiger partial charge in [-0.2, -0.15) is 0 Å². The van der Waals surface area contributed by atoms with Gasteiger partial charge in [0.2, 0.25) is 0 Å². The number of benzene rings is 1. The number of cyclic esters (lactones) is 1. The zero-order chi connectivity index (χ0) is 14.1. The van der Waals surface area contributed by atoms with Crippen molar-refractivity contribution in [2.75, 3.05) is 6.61 Å². The maximum atomic E-state index is 12.2. The van der Waals surface area contributed by atoms with Crippen molar-refractivity contribution in [1.82, 2.24) is 0 Å². The van der Waals surface area contributed by atoms with Gasteiger partial charge >= 0.3 is 5.97 Å². The van der Waals surface area contributed by atoms with E-state index in [2.05, 4.69) is 6.58 Å². The van der Waals surface area contributed by atoms with Crippen LogP contribution >= 0.6 is 0 Å². The topological polar surface area (TPSA) is 63.6 Å². The monoisotopic (exact) mass is 260 g/mol. The van der Waals surface area contributed by atoms with Crippen molar-refractivity contribution in [2.24, 2.45) is 5.41 Å². The first-order valence-electron chi connectivity index (χ1n) is 6.04. The van der Waals surface area contributed by atoms with Gasteiger partial charge in [0.15, 0.2) is 11.4 Å². The summed E-state index contributed by atoms with van der Waals surface area (Å²) in [5.41, 5.74) is -2.34. The quantitative estimate of drug-likeness (QED) is 0.509. The number of hydrogen-bond donors (Lipinski definition) is 1. The average Bonchev–Trinajstić information content (AvgIpc) is 2.65. The molecule has 0 bridgehead atoms. The molecular formula is C15H16O4. The minimum atomic E-state index is -1.85. The van der Waals surface area contributed by atoms with E-state index in [1.54, 1.807) is 37.3 Å². The molecule has 0 unspecified atom stereocenters. The predicted molar refractivity (Wildman–Crippen MR) is 69.6 cm³/mol. The number of aliphatic hydroxyl groups is 1. The van der Waals surface area contributed by atoms with Crippen molar-refractivity contribution >= 4 is 11.8 Å². The van der Waals surface area contributed by atoms with Crippen molar-refractivity contribution in [1.29, 1.82) is 0 Å². The normalized spacial score (nSPS) is 29.9. The molecule has 2 atom stereocenters. The molecule has 4 heteroatoms. The molecule has 2 rings (SSSR count). The molecule has 4 nitrogen and oxygen atoms in total. The molecule has 1 aliphatic rings. The van der Waals surface area contributed by atoms with Gasteiger partial charge in [-0.05, 0) is 6.92 Å². The van der Waals surface area contributed by atoms with Gasteiger partial charge in [-0.25, -0.2) is 4.79 Å². The van der Waals surface area contributed by atoms with E-state index in [-0.39, 0.29) is 18.8 Å². The number of esters is 1. The molecule has 1 heterocycles. The van der Waals surface area contributed by atoms with Crippen molar-refractivity contribution in [3.8, 4) is 0 Å². The van der Waals surface area contributed by atoms with Gasteiger partial charge in [-0.1, -0.05) is 36.4 Å². The summed E-state index contributed by atoms with van der Waals surface area (Å²) in [5, 5.41) is 10.5. The van der Waals surface area contributed by atoms with Crippen molar-refractivity contribution < 1.29 is 19.4 Å². The van der Waals surface area contributed by atoms with E-state index in [1.165, 1.54) is 6.08 Å². The van der Waals surface area contributed by atoms with Crippen molar-refractivity contribution in [2.45, 2.75) is 18.9 Å². The number of hydrogen-bond acceptors (Lipinski definition) is 4. The van der Waals surface area contributed by atoms with E-state index in [9.17, 15) is 14.7 Å². The summed E-state index contributed by atoms with van der Waals surface area (Å²) in [6.07, 6.45) is 1.16. The number of rotatable bonds is 4. The third-order valence-corrected chi connectivity index (χ3v) is 3.75. The van der Waals surface area contributed by atoms with Crippen LogP contribution < -0.4 is 0 Å². The van der Waals surface area contributed by atoms with Gasteiger partial charge in [-0.3, -0.25) is 4.79 Å². The van der Waals surface area contributed by atoms with Gasteiger partial charge in [0.25, 0.3) is 0 Å². The van der Waals surface area contributed by atoms with Gasteiger partial charge in [0.05, 0.1) is 11.8 Å². The fourth-order valence-corrected chi connectivity index (χ4v) is 2.15. The second-order valence-electron chi connectivity index (χ2n) is 5.02. The van der Waals surface area contributed by atoms with Crippen LogP contribution in [0.15, 0.2) is 43.0 Å².